The van der Waals surface area contributed by atoms with Crippen molar-refractivity contribution in [1.29, 1.82) is 0 Å². The fraction of sp³-hybridized carbons (Fsp3) is 0.864. The number of hydrogen-bond acceptors (Lipinski definition) is 4. The Balaban J connectivity index is 2.86. The van der Waals surface area contributed by atoms with Crippen LogP contribution in [0.4, 0.5) is 224 Å². The van der Waals surface area contributed by atoms with E-state index in [0.29, 0.717) is 0 Å². The molecule has 0 N–H and O–H groups in total. The summed E-state index contributed by atoms with van der Waals surface area (Å²) < 4.78 is 720. The number of benzene rings is 1. The molecule has 0 aromatic heterocycles. The van der Waals surface area contributed by atoms with Crippen LogP contribution in [0.15, 0.2) is 12.1 Å². The van der Waals surface area contributed by atoms with Gasteiger partial charge < -0.3 is 14.2 Å². The maximum absolute atomic E-state index is 14.8. The van der Waals surface area contributed by atoms with E-state index in [0.717, 1.165) is 11.9 Å². The first-order valence-electron chi connectivity index (χ1n) is 24.8. The van der Waals surface area contributed by atoms with Crippen molar-refractivity contribution in [2.45, 2.75) is 200 Å². The Morgan fingerprint density at radius 1 is 0.283 bits per heavy atom. The van der Waals surface area contributed by atoms with E-state index in [1.54, 1.807) is 0 Å². The normalized spacial score (nSPS) is 17.8. The van der Waals surface area contributed by atoms with E-state index in [1.807, 2.05) is 0 Å². The van der Waals surface area contributed by atoms with Gasteiger partial charge in [-0.1, -0.05) is 0 Å². The molecule has 1 aliphatic heterocycles. The molecule has 0 spiro atoms. The van der Waals surface area contributed by atoms with Gasteiger partial charge in [0.25, 0.3) is 0 Å². The smallest absolute Gasteiger partial charge is 0.460 e. The molecule has 2 rings (SSSR count). The van der Waals surface area contributed by atoms with Gasteiger partial charge in [0.05, 0.1) is 19.8 Å². The average Bonchev–Trinajstić information content (AvgIpc) is 0.783. The quantitative estimate of drug-likeness (QED) is 0.0508. The van der Waals surface area contributed by atoms with Gasteiger partial charge in [0.15, 0.2) is 11.5 Å². The van der Waals surface area contributed by atoms with E-state index < -0.39 is 230 Å². The molecule has 0 amide bonds. The summed E-state index contributed by atoms with van der Waals surface area (Å²) in [5, 5.41) is 0. The van der Waals surface area contributed by atoms with Crippen molar-refractivity contribution in [2.24, 2.45) is 0 Å². The van der Waals surface area contributed by atoms with Gasteiger partial charge in [-0.2, -0.15) is 224 Å². The molecule has 1 saturated heterocycles. The number of nitrogens with zero attached hydrogens (tertiary/aromatic N) is 1. The predicted octanol–water partition coefficient (Wildman–Crippen LogP) is 21.0. The van der Waals surface area contributed by atoms with Crippen LogP contribution in [0.5, 0.6) is 17.2 Å². The topological polar surface area (TPSA) is 30.9 Å². The number of rotatable bonds is 34. The monoisotopic (exact) mass is 1590 g/mol. The lowest BCUT2D eigenvalue weighted by Crippen LogP contribution is -2.74. The number of hydrogen-bond donors (Lipinski definition) is 0. The molecule has 0 radical (unpaired) electrons. The molecule has 586 valence electrons. The fourth-order valence-corrected chi connectivity index (χ4v) is 7.96. The minimum Gasteiger partial charge on any atom is -0.490 e. The van der Waals surface area contributed by atoms with E-state index >= 15 is 0 Å². The zero-order valence-corrected chi connectivity index (χ0v) is 46.2. The molecule has 1 atom stereocenters. The molecule has 99 heavy (non-hydrogen) atoms. The molecule has 1 heterocycles. The Hall–Kier alpha value is -4.99. The molecule has 1 unspecified atom stereocenters. The summed E-state index contributed by atoms with van der Waals surface area (Å²) in [4.78, 5) is 1.06. The van der Waals surface area contributed by atoms with E-state index in [4.69, 9.17) is 9.47 Å². The van der Waals surface area contributed by atoms with E-state index in [2.05, 4.69) is 4.74 Å². The highest BCUT2D eigenvalue weighted by Gasteiger charge is 2.98. The largest absolute Gasteiger partial charge is 0.490 e. The summed E-state index contributed by atoms with van der Waals surface area (Å²) in [6.45, 7) is -7.04. The van der Waals surface area contributed by atoms with Crippen LogP contribution in [0.25, 0.3) is 0 Å². The molecule has 1 aromatic carbocycles. The highest BCUT2D eigenvalue weighted by Crippen LogP contribution is 2.69. The third-order valence-electron chi connectivity index (χ3n) is 14.0. The first-order valence-corrected chi connectivity index (χ1v) is 24.8. The van der Waals surface area contributed by atoms with Gasteiger partial charge in [-0.3, -0.25) is 4.90 Å². The predicted molar refractivity (Wildman–Crippen MR) is 217 cm³/mol. The van der Waals surface area contributed by atoms with Crippen molar-refractivity contribution in [1.82, 2.24) is 4.90 Å². The highest BCUT2D eigenvalue weighted by molar-refractivity contribution is 5.55. The van der Waals surface area contributed by atoms with Crippen LogP contribution < -0.4 is 14.2 Å². The van der Waals surface area contributed by atoms with Crippen LogP contribution in [0.2, 0.25) is 0 Å². The van der Waals surface area contributed by atoms with Gasteiger partial charge >= 0.3 is 143 Å². The zero-order valence-electron chi connectivity index (χ0n) is 46.2. The van der Waals surface area contributed by atoms with Crippen LogP contribution in [-0.2, 0) is 0 Å². The van der Waals surface area contributed by atoms with Crippen molar-refractivity contribution in [3.8, 4) is 17.2 Å². The SMILES string of the molecule is CN1CCCC1c1cc(OCCCC(F)(F)C(F)(F)C(F)(F)C(F)(F)C(F)(F)C(F)(F)C(F)(F)C(F)(F)F)c(OCCCC(F)(F)C(F)(F)C(F)(F)C(F)(F)C(F)(F)C(F)(F)C(F)(F)C(F)(F)F)c(OCCCC(F)(F)C(F)(F)C(F)(F)C(F)(F)C(F)(F)C(F)(F)C(F)(F)C(F)(F)F)c1. The summed E-state index contributed by atoms with van der Waals surface area (Å²) in [6.07, 6.45) is -42.9. The fourth-order valence-electron chi connectivity index (χ4n) is 7.96. The van der Waals surface area contributed by atoms with Gasteiger partial charge in [-0.05, 0) is 63.4 Å². The standard InChI is InChI=1S/C44H30F51NO3/c1-96-10-2-6-17(96)16-14-18(97-11-3-7-21(45,46)24(51,52)27(57,58)30(63,64)33(69,70)36(75,76)39(81,82)42(87,88)89)20(99-13-5-9-23(49,50)26(55,56)29(61,62)32(67,68)35(73,74)38(79,80)41(85,86)44(93,94)95)19(15-16)98-12-4-8-22(47,48)25(53,54)28(59,60)31(65,66)34(71,72)37(77,78)40(83,84)43(90,91)92/h14-15,17H,2-13H2,1H3. The van der Waals surface area contributed by atoms with E-state index in [1.165, 1.54) is 0 Å². The molecule has 0 saturated carbocycles. The Bertz CT molecular complexity index is 2790. The van der Waals surface area contributed by atoms with Crippen LogP contribution in [0.3, 0.4) is 0 Å². The van der Waals surface area contributed by atoms with Gasteiger partial charge in [0.2, 0.25) is 5.75 Å². The van der Waals surface area contributed by atoms with Crippen molar-refractivity contribution in [2.75, 3.05) is 33.4 Å². The summed E-state index contributed by atoms with van der Waals surface area (Å²) in [5.41, 5.74) is -0.739. The molecule has 1 fully saturated rings. The first kappa shape index (κ1) is 90.1. The van der Waals surface area contributed by atoms with E-state index in [-0.39, 0.29) is 31.5 Å². The lowest BCUT2D eigenvalue weighted by molar-refractivity contribution is -0.461. The van der Waals surface area contributed by atoms with Crippen molar-refractivity contribution >= 4 is 0 Å². The second-order valence-corrected chi connectivity index (χ2v) is 20.8. The average molecular weight is 1590 g/mol. The summed E-state index contributed by atoms with van der Waals surface area (Å²) in [7, 11) is 1.02. The molecular weight excluding hydrogens is 1560 g/mol. The Kier molecular flexibility index (Phi) is 23.7. The van der Waals surface area contributed by atoms with Crippen molar-refractivity contribution < 1.29 is 238 Å². The molecule has 0 bridgehead atoms. The third-order valence-corrected chi connectivity index (χ3v) is 14.0. The van der Waals surface area contributed by atoms with Gasteiger partial charge in [0, 0.05) is 25.3 Å². The molecular formula is C44H30F51NO3. The summed E-state index contributed by atoms with van der Waals surface area (Å²) >= 11 is 0. The van der Waals surface area contributed by atoms with Crippen LogP contribution in [0, 0.1) is 0 Å². The summed E-state index contributed by atoms with van der Waals surface area (Å²) in [6, 6.07) is -1.03. The van der Waals surface area contributed by atoms with Crippen LogP contribution >= 0.6 is 0 Å². The van der Waals surface area contributed by atoms with Crippen molar-refractivity contribution in [3.63, 3.8) is 0 Å². The third kappa shape index (κ3) is 13.6. The lowest BCUT2D eigenvalue weighted by atomic mass is 9.88. The second kappa shape index (κ2) is 26.0. The number of ether oxygens (including phenoxy) is 3. The van der Waals surface area contributed by atoms with E-state index in [9.17, 15) is 224 Å². The molecule has 1 aromatic rings. The Morgan fingerprint density at radius 2 is 0.475 bits per heavy atom. The minimum absolute atomic E-state index is 0.0989. The zero-order chi connectivity index (χ0) is 79.5. The van der Waals surface area contributed by atoms with Gasteiger partial charge in [-0.25, -0.2) is 0 Å². The number of alkyl halides is 51. The van der Waals surface area contributed by atoms with Crippen LogP contribution in [0.1, 0.15) is 63.0 Å². The van der Waals surface area contributed by atoms with Gasteiger partial charge in [-0.15, -0.1) is 0 Å². The Morgan fingerprint density at radius 3 is 0.667 bits per heavy atom. The first-order chi connectivity index (χ1) is 42.9. The van der Waals surface area contributed by atoms with Gasteiger partial charge in [0.1, 0.15) is 0 Å². The van der Waals surface area contributed by atoms with Crippen LogP contribution in [-0.4, -0.2) is 181 Å². The number of halogens is 51. The lowest BCUT2D eigenvalue weighted by Gasteiger charge is -2.42. The van der Waals surface area contributed by atoms with Crippen molar-refractivity contribution in [3.05, 3.63) is 17.7 Å². The number of likely N-dealkylation sites (tertiary alicyclic amines) is 1. The minimum atomic E-state index is -9.22. The molecule has 1 aliphatic rings. The maximum Gasteiger partial charge on any atom is 0.460 e. The molecule has 4 nitrogen and oxygen atoms in total. The molecule has 0 aliphatic carbocycles. The Labute approximate surface area is 512 Å². The maximum atomic E-state index is 14.8. The second-order valence-electron chi connectivity index (χ2n) is 20.8. The molecule has 55 heteroatoms. The highest BCUT2D eigenvalue weighted by atomic mass is 19.5. The summed E-state index contributed by atoms with van der Waals surface area (Å²) in [5.74, 6) is -188.